The van der Waals surface area contributed by atoms with Gasteiger partial charge in [0.1, 0.15) is 5.78 Å². The third kappa shape index (κ3) is 2.96. The van der Waals surface area contributed by atoms with Crippen LogP contribution in [0.1, 0.15) is 58.4 Å². The van der Waals surface area contributed by atoms with Crippen molar-refractivity contribution in [3.05, 3.63) is 47.0 Å². The van der Waals surface area contributed by atoms with Gasteiger partial charge in [0.25, 0.3) is 0 Å². The van der Waals surface area contributed by atoms with E-state index >= 15 is 0 Å². The maximum absolute atomic E-state index is 13.4. The smallest absolute Gasteiger partial charge is 0.481 e. The van der Waals surface area contributed by atoms with Crippen LogP contribution < -0.4 is 29.6 Å². The molecule has 2 fully saturated rings. The first-order chi connectivity index (χ1) is 14.6. The molecule has 0 amide bonds. The van der Waals surface area contributed by atoms with Gasteiger partial charge in [-0.15, -0.1) is 0 Å². The standard InChI is InChI=1S/C25H30O6.Na/c1-12-5-6-18(26)24(3)17(10-19(27)28)25(4)21-13(2)15(14-7-8-30-11-14)9-16(21)31-23(25)22(29)20(12)24;/h5,7-8,11,15-17,20,22-23,29H,6,9-10H2,1-4H3,(H,27,28);/q;+1/t15?,16-,17?,20+,22+,23+,24-,25+;/m0./s1. The van der Waals surface area contributed by atoms with Gasteiger partial charge in [0.05, 0.1) is 37.3 Å². The summed E-state index contributed by atoms with van der Waals surface area (Å²) in [6.45, 7) is 7.92. The van der Waals surface area contributed by atoms with E-state index in [4.69, 9.17) is 9.15 Å². The molecular weight excluding hydrogens is 419 g/mol. The Labute approximate surface area is 210 Å². The van der Waals surface area contributed by atoms with Crippen molar-refractivity contribution in [3.63, 3.8) is 0 Å². The van der Waals surface area contributed by atoms with Crippen LogP contribution in [-0.2, 0) is 14.3 Å². The second kappa shape index (κ2) is 7.95. The van der Waals surface area contributed by atoms with Crippen LogP contribution in [-0.4, -0.2) is 40.3 Å². The zero-order valence-corrected chi connectivity index (χ0v) is 21.4. The number of ketones is 1. The number of furan rings is 1. The number of fused-ring (bicyclic) bond motifs is 4. The molecule has 0 spiro atoms. The number of hydrogen-bond acceptors (Lipinski definition) is 5. The number of aliphatic carboxylic acids is 1. The van der Waals surface area contributed by atoms with Gasteiger partial charge in [0.15, 0.2) is 0 Å². The van der Waals surface area contributed by atoms with E-state index in [1.165, 1.54) is 0 Å². The molecule has 2 unspecified atom stereocenters. The van der Waals surface area contributed by atoms with E-state index in [1.807, 2.05) is 32.9 Å². The molecule has 1 aromatic heterocycles. The van der Waals surface area contributed by atoms with Gasteiger partial charge in [0.2, 0.25) is 0 Å². The van der Waals surface area contributed by atoms with Gasteiger partial charge in [-0.2, -0.15) is 0 Å². The summed E-state index contributed by atoms with van der Waals surface area (Å²) in [7, 11) is 0. The molecule has 1 saturated heterocycles. The fourth-order valence-electron chi connectivity index (χ4n) is 7.68. The number of carbonyl (C=O) groups excluding carboxylic acids is 1. The third-order valence-electron chi connectivity index (χ3n) is 8.97. The number of ether oxygens (including phenoxy) is 1. The Morgan fingerprint density at radius 1 is 1.25 bits per heavy atom. The van der Waals surface area contributed by atoms with Crippen molar-refractivity contribution < 1.29 is 58.5 Å². The van der Waals surface area contributed by atoms with Gasteiger partial charge in [0, 0.05) is 29.1 Å². The quantitative estimate of drug-likeness (QED) is 0.525. The fraction of sp³-hybridized carbons (Fsp3) is 0.600. The van der Waals surface area contributed by atoms with E-state index < -0.39 is 40.8 Å². The minimum atomic E-state index is -0.957. The summed E-state index contributed by atoms with van der Waals surface area (Å²) in [5.74, 6) is -1.68. The molecule has 0 bridgehead atoms. The Bertz CT molecular complexity index is 1010. The van der Waals surface area contributed by atoms with Crippen molar-refractivity contribution in [3.8, 4) is 0 Å². The Kier molecular flexibility index (Phi) is 5.95. The second-order valence-corrected chi connectivity index (χ2v) is 10.2. The van der Waals surface area contributed by atoms with Gasteiger partial charge >= 0.3 is 35.5 Å². The maximum atomic E-state index is 13.4. The number of allylic oxidation sites excluding steroid dienone is 2. The third-order valence-corrected chi connectivity index (χ3v) is 8.97. The number of carboxylic acid groups (broad SMARTS) is 1. The number of hydrogen-bond donors (Lipinski definition) is 2. The largest absolute Gasteiger partial charge is 1.00 e. The molecule has 6 nitrogen and oxygen atoms in total. The average molecular weight is 449 g/mol. The molecule has 32 heavy (non-hydrogen) atoms. The molecule has 3 aliphatic carbocycles. The molecule has 5 rings (SSSR count). The van der Waals surface area contributed by atoms with Gasteiger partial charge < -0.3 is 19.4 Å². The van der Waals surface area contributed by atoms with E-state index in [0.29, 0.717) is 0 Å². The molecular formula is C25H30NaO6+. The summed E-state index contributed by atoms with van der Waals surface area (Å²) >= 11 is 0. The molecule has 0 aromatic carbocycles. The molecule has 4 aliphatic rings. The zero-order valence-electron chi connectivity index (χ0n) is 19.4. The monoisotopic (exact) mass is 449 g/mol. The first-order valence-corrected chi connectivity index (χ1v) is 11.1. The van der Waals surface area contributed by atoms with E-state index in [0.717, 1.165) is 28.7 Å². The van der Waals surface area contributed by atoms with Crippen LogP contribution in [0.3, 0.4) is 0 Å². The van der Waals surface area contributed by atoms with Crippen molar-refractivity contribution in [2.75, 3.05) is 0 Å². The zero-order chi connectivity index (χ0) is 22.3. The average Bonchev–Trinajstić information content (AvgIpc) is 3.39. The number of rotatable bonds is 3. The number of carbonyl (C=O) groups is 2. The van der Waals surface area contributed by atoms with E-state index in [2.05, 4.69) is 6.92 Å². The van der Waals surface area contributed by atoms with E-state index in [1.54, 1.807) is 12.5 Å². The second-order valence-electron chi connectivity index (χ2n) is 10.2. The summed E-state index contributed by atoms with van der Waals surface area (Å²) in [5.41, 5.74) is 2.57. The van der Waals surface area contributed by atoms with Crippen molar-refractivity contribution in [1.29, 1.82) is 0 Å². The first kappa shape index (κ1) is 24.0. The van der Waals surface area contributed by atoms with Crippen molar-refractivity contribution in [2.24, 2.45) is 22.7 Å². The van der Waals surface area contributed by atoms with Crippen LogP contribution in [0.2, 0.25) is 0 Å². The minimum Gasteiger partial charge on any atom is -0.481 e. The SMILES string of the molecule is CC1=CCC(=O)[C@]2(C)C(CC(=O)O)[C@]3(C)C4=C(C)C(c5ccoc5)C[C@@H]4O[C@@H]3[C@H](O)[C@@H]12.[Na+]. The summed E-state index contributed by atoms with van der Waals surface area (Å²) in [5, 5.41) is 21.4. The molecule has 7 heteroatoms. The number of Topliss-reactive ketones (excluding diaryl/α,β-unsaturated/α-hetero) is 1. The Morgan fingerprint density at radius 2 is 1.97 bits per heavy atom. The van der Waals surface area contributed by atoms with E-state index in [-0.39, 0.29) is 60.2 Å². The topological polar surface area (TPSA) is 97.0 Å². The van der Waals surface area contributed by atoms with Gasteiger partial charge in [-0.05, 0) is 43.4 Å². The molecule has 1 aromatic rings. The summed E-state index contributed by atoms with van der Waals surface area (Å²) in [6, 6.07) is 1.95. The number of aliphatic hydroxyl groups excluding tert-OH is 1. The van der Waals surface area contributed by atoms with Crippen LogP contribution in [0.25, 0.3) is 0 Å². The van der Waals surface area contributed by atoms with Gasteiger partial charge in [-0.1, -0.05) is 31.1 Å². The minimum absolute atomic E-state index is 0. The van der Waals surface area contributed by atoms with E-state index in [9.17, 15) is 19.8 Å². The molecule has 2 heterocycles. The summed E-state index contributed by atoms with van der Waals surface area (Å²) in [6.07, 6.45) is 4.59. The maximum Gasteiger partial charge on any atom is 1.00 e. The van der Waals surface area contributed by atoms with Crippen molar-refractivity contribution in [1.82, 2.24) is 0 Å². The summed E-state index contributed by atoms with van der Waals surface area (Å²) < 4.78 is 11.8. The van der Waals surface area contributed by atoms with Crippen LogP contribution in [0, 0.1) is 22.7 Å². The number of carboxylic acids is 1. The van der Waals surface area contributed by atoms with Crippen LogP contribution in [0.5, 0.6) is 0 Å². The molecule has 2 N–H and O–H groups in total. The molecule has 1 aliphatic heterocycles. The number of aliphatic hydroxyl groups is 1. The molecule has 1 saturated carbocycles. The van der Waals surface area contributed by atoms with Crippen LogP contribution >= 0.6 is 0 Å². The van der Waals surface area contributed by atoms with Gasteiger partial charge in [-0.25, -0.2) is 0 Å². The van der Waals surface area contributed by atoms with Gasteiger partial charge in [-0.3, -0.25) is 9.59 Å². The summed E-state index contributed by atoms with van der Waals surface area (Å²) in [4.78, 5) is 25.4. The van der Waals surface area contributed by atoms with Crippen molar-refractivity contribution in [2.45, 2.75) is 71.2 Å². The normalized spacial score (nSPS) is 42.7. The Balaban J connectivity index is 0.00000245. The first-order valence-electron chi connectivity index (χ1n) is 11.1. The predicted molar refractivity (Wildman–Crippen MR) is 112 cm³/mol. The Morgan fingerprint density at radius 3 is 2.59 bits per heavy atom. The van der Waals surface area contributed by atoms with Crippen LogP contribution in [0.4, 0.5) is 0 Å². The molecule has 8 atom stereocenters. The molecule has 0 radical (unpaired) electrons. The van der Waals surface area contributed by atoms with Crippen molar-refractivity contribution >= 4 is 11.8 Å². The Hall–Kier alpha value is -1.18. The van der Waals surface area contributed by atoms with Crippen LogP contribution in [0.15, 0.2) is 45.8 Å². The molecule has 166 valence electrons. The predicted octanol–water partition coefficient (Wildman–Crippen LogP) is 0.868. The fourth-order valence-corrected chi connectivity index (χ4v) is 7.68.